The van der Waals surface area contributed by atoms with Crippen LogP contribution in [0.1, 0.15) is 35.8 Å². The molecule has 1 aliphatic rings. The fourth-order valence-corrected chi connectivity index (χ4v) is 2.34. The zero-order valence-electron chi connectivity index (χ0n) is 11.7. The number of nitrogen functional groups attached to an aromatic ring is 1. The third kappa shape index (κ3) is 3.09. The minimum Gasteiger partial charge on any atom is -0.452 e. The molecule has 1 atom stereocenters. The van der Waals surface area contributed by atoms with Crippen LogP contribution in [-0.4, -0.2) is 41.6 Å². The molecule has 0 radical (unpaired) electrons. The van der Waals surface area contributed by atoms with E-state index in [0.717, 1.165) is 19.4 Å². The molecule has 1 amide bonds. The summed E-state index contributed by atoms with van der Waals surface area (Å²) in [7, 11) is 0. The highest BCUT2D eigenvalue weighted by atomic mass is 16.5. The van der Waals surface area contributed by atoms with Crippen LogP contribution in [-0.2, 0) is 9.53 Å². The second-order valence-electron chi connectivity index (χ2n) is 5.17. The van der Waals surface area contributed by atoms with Crippen molar-refractivity contribution < 1.29 is 18.8 Å². The van der Waals surface area contributed by atoms with Gasteiger partial charge in [-0.05, 0) is 25.7 Å². The van der Waals surface area contributed by atoms with Crippen LogP contribution in [0.4, 0.5) is 5.88 Å². The number of anilines is 1. The van der Waals surface area contributed by atoms with Gasteiger partial charge in [-0.3, -0.25) is 4.79 Å². The monoisotopic (exact) mass is 281 g/mol. The molecule has 2 rings (SSSR count). The van der Waals surface area contributed by atoms with Crippen LogP contribution in [0, 0.1) is 12.8 Å². The Morgan fingerprint density at radius 2 is 2.30 bits per heavy atom. The fraction of sp³-hybridized carbons (Fsp3) is 0.615. The van der Waals surface area contributed by atoms with E-state index in [-0.39, 0.29) is 24.0 Å². The van der Waals surface area contributed by atoms with Gasteiger partial charge < -0.3 is 19.9 Å². The first-order valence-electron chi connectivity index (χ1n) is 6.65. The number of hydrogen-bond donors (Lipinski definition) is 1. The van der Waals surface area contributed by atoms with Crippen molar-refractivity contribution in [3.63, 3.8) is 0 Å². The predicted octanol–water partition coefficient (Wildman–Crippen LogP) is 0.981. The maximum Gasteiger partial charge on any atom is 0.346 e. The van der Waals surface area contributed by atoms with Crippen LogP contribution >= 0.6 is 0 Å². The molecule has 7 nitrogen and oxygen atoms in total. The molecule has 0 spiro atoms. The molecule has 0 unspecified atom stereocenters. The molecule has 1 aromatic rings. The number of carbonyl (C=O) groups excluding carboxylic acids is 2. The van der Waals surface area contributed by atoms with Crippen molar-refractivity contribution >= 4 is 17.8 Å². The zero-order valence-corrected chi connectivity index (χ0v) is 11.7. The molecule has 0 aliphatic carbocycles. The predicted molar refractivity (Wildman–Crippen MR) is 70.9 cm³/mol. The molecule has 7 heteroatoms. The van der Waals surface area contributed by atoms with E-state index < -0.39 is 5.97 Å². The number of ether oxygens (including phenoxy) is 1. The second-order valence-corrected chi connectivity index (χ2v) is 5.17. The minimum atomic E-state index is -0.681. The average Bonchev–Trinajstić information content (AvgIpc) is 2.75. The van der Waals surface area contributed by atoms with Gasteiger partial charge in [0, 0.05) is 13.1 Å². The standard InChI is InChI=1S/C13H19N3O4/c1-8-4-3-5-16(6-8)10(17)7-19-13(18)11-9(2)15-20-12(11)14/h8H,3-7,14H2,1-2H3/t8-/m0/s1. The van der Waals surface area contributed by atoms with E-state index >= 15 is 0 Å². The highest BCUT2D eigenvalue weighted by Gasteiger charge is 2.24. The molecule has 1 aromatic heterocycles. The van der Waals surface area contributed by atoms with Crippen molar-refractivity contribution in [2.45, 2.75) is 26.7 Å². The molecule has 110 valence electrons. The number of aromatic nitrogens is 1. The molecule has 0 bridgehead atoms. The van der Waals surface area contributed by atoms with Crippen molar-refractivity contribution in [2.24, 2.45) is 5.92 Å². The average molecular weight is 281 g/mol. The van der Waals surface area contributed by atoms with Gasteiger partial charge in [-0.1, -0.05) is 12.1 Å². The number of piperidine rings is 1. The Balaban J connectivity index is 1.89. The minimum absolute atomic E-state index is 0.0878. The van der Waals surface area contributed by atoms with Crippen LogP contribution in [0.5, 0.6) is 0 Å². The highest BCUT2D eigenvalue weighted by Crippen LogP contribution is 2.18. The normalized spacial score (nSPS) is 18.9. The number of amides is 1. The summed E-state index contributed by atoms with van der Waals surface area (Å²) < 4.78 is 9.67. The highest BCUT2D eigenvalue weighted by molar-refractivity contribution is 5.96. The Morgan fingerprint density at radius 3 is 2.90 bits per heavy atom. The number of likely N-dealkylation sites (tertiary alicyclic amines) is 1. The van der Waals surface area contributed by atoms with Gasteiger partial charge in [-0.15, -0.1) is 0 Å². The van der Waals surface area contributed by atoms with E-state index in [4.69, 9.17) is 10.5 Å². The summed E-state index contributed by atoms with van der Waals surface area (Å²) in [6.45, 7) is 4.84. The lowest BCUT2D eigenvalue weighted by atomic mass is 10.0. The van der Waals surface area contributed by atoms with E-state index in [2.05, 4.69) is 16.6 Å². The topological polar surface area (TPSA) is 98.7 Å². The van der Waals surface area contributed by atoms with Crippen molar-refractivity contribution in [3.8, 4) is 0 Å². The first kappa shape index (κ1) is 14.4. The quantitative estimate of drug-likeness (QED) is 0.829. The van der Waals surface area contributed by atoms with Crippen LogP contribution in [0.25, 0.3) is 0 Å². The number of carbonyl (C=O) groups is 2. The van der Waals surface area contributed by atoms with Gasteiger partial charge in [0.25, 0.3) is 5.91 Å². The summed E-state index contributed by atoms with van der Waals surface area (Å²) >= 11 is 0. The van der Waals surface area contributed by atoms with Crippen molar-refractivity contribution in [1.82, 2.24) is 10.1 Å². The summed E-state index contributed by atoms with van der Waals surface area (Å²) in [4.78, 5) is 25.5. The Morgan fingerprint density at radius 1 is 1.55 bits per heavy atom. The molecule has 20 heavy (non-hydrogen) atoms. The molecule has 1 aliphatic heterocycles. The van der Waals surface area contributed by atoms with Crippen molar-refractivity contribution in [2.75, 3.05) is 25.4 Å². The summed E-state index contributed by atoms with van der Waals surface area (Å²) in [5.41, 5.74) is 5.93. The first-order valence-corrected chi connectivity index (χ1v) is 6.65. The van der Waals surface area contributed by atoms with Crippen molar-refractivity contribution in [1.29, 1.82) is 0 Å². The zero-order chi connectivity index (χ0) is 14.7. The summed E-state index contributed by atoms with van der Waals surface area (Å²) in [5, 5.41) is 3.57. The Bertz CT molecular complexity index is 492. The third-order valence-electron chi connectivity index (χ3n) is 3.43. The smallest absolute Gasteiger partial charge is 0.346 e. The van der Waals surface area contributed by atoms with Crippen molar-refractivity contribution in [3.05, 3.63) is 11.3 Å². The Kier molecular flexibility index (Phi) is 4.26. The van der Waals surface area contributed by atoms with E-state index in [0.29, 0.717) is 18.2 Å². The number of nitrogens with zero attached hydrogens (tertiary/aromatic N) is 2. The van der Waals surface area contributed by atoms with Gasteiger partial charge >= 0.3 is 5.97 Å². The Hall–Kier alpha value is -2.05. The van der Waals surface area contributed by atoms with Crippen LogP contribution in [0.2, 0.25) is 0 Å². The summed E-state index contributed by atoms with van der Waals surface area (Å²) in [6.07, 6.45) is 2.11. The lowest BCUT2D eigenvalue weighted by Gasteiger charge is -2.30. The van der Waals surface area contributed by atoms with Gasteiger partial charge in [0.2, 0.25) is 5.88 Å². The van der Waals surface area contributed by atoms with Gasteiger partial charge in [-0.25, -0.2) is 4.79 Å². The molecule has 1 fully saturated rings. The van der Waals surface area contributed by atoms with Crippen LogP contribution < -0.4 is 5.73 Å². The number of esters is 1. The first-order chi connectivity index (χ1) is 9.49. The summed E-state index contributed by atoms with van der Waals surface area (Å²) in [6, 6.07) is 0. The molecule has 0 saturated carbocycles. The van der Waals surface area contributed by atoms with E-state index in [1.807, 2.05) is 0 Å². The molecule has 2 heterocycles. The van der Waals surface area contributed by atoms with E-state index in [1.165, 1.54) is 0 Å². The molecule has 2 N–H and O–H groups in total. The lowest BCUT2D eigenvalue weighted by Crippen LogP contribution is -2.41. The maximum atomic E-state index is 12.0. The van der Waals surface area contributed by atoms with Gasteiger partial charge in [0.1, 0.15) is 5.56 Å². The molecular weight excluding hydrogens is 262 g/mol. The van der Waals surface area contributed by atoms with E-state index in [1.54, 1.807) is 11.8 Å². The number of rotatable bonds is 3. The van der Waals surface area contributed by atoms with Gasteiger partial charge in [-0.2, -0.15) is 0 Å². The van der Waals surface area contributed by atoms with Crippen LogP contribution in [0.15, 0.2) is 4.52 Å². The second kappa shape index (κ2) is 5.94. The third-order valence-corrected chi connectivity index (χ3v) is 3.43. The largest absolute Gasteiger partial charge is 0.452 e. The van der Waals surface area contributed by atoms with Gasteiger partial charge in [0.05, 0.1) is 5.69 Å². The number of aryl methyl sites for hydroxylation is 1. The molecule has 0 aromatic carbocycles. The summed E-state index contributed by atoms with van der Waals surface area (Å²) in [5.74, 6) is -0.469. The number of hydrogen-bond acceptors (Lipinski definition) is 6. The van der Waals surface area contributed by atoms with E-state index in [9.17, 15) is 9.59 Å². The molecular formula is C13H19N3O4. The fourth-order valence-electron chi connectivity index (χ4n) is 2.34. The lowest BCUT2D eigenvalue weighted by molar-refractivity contribution is -0.136. The Labute approximate surface area is 117 Å². The maximum absolute atomic E-state index is 12.0. The number of nitrogens with two attached hydrogens (primary N) is 1. The van der Waals surface area contributed by atoms with Crippen LogP contribution in [0.3, 0.4) is 0 Å². The molecule has 1 saturated heterocycles. The van der Waals surface area contributed by atoms with Gasteiger partial charge in [0.15, 0.2) is 6.61 Å². The SMILES string of the molecule is Cc1noc(N)c1C(=O)OCC(=O)N1CCC[C@H](C)C1.